The molecule has 0 spiro atoms. The van der Waals surface area contributed by atoms with Crippen LogP contribution in [0.3, 0.4) is 0 Å². The Morgan fingerprint density at radius 3 is 1.92 bits per heavy atom. The van der Waals surface area contributed by atoms with Crippen molar-refractivity contribution in [2.45, 2.75) is 65.2 Å². The van der Waals surface area contributed by atoms with Crippen molar-refractivity contribution >= 4 is 8.80 Å². The Morgan fingerprint density at radius 1 is 0.880 bits per heavy atom. The third kappa shape index (κ3) is 6.36. The molecular weight excluding hydrogens is 356 g/mol. The number of aryl methyl sites for hydroxylation is 1. The number of unbranched alkanes of at least 4 members (excludes halogenated alkanes) is 1. The number of halogens is 4. The van der Waals surface area contributed by atoms with Gasteiger partial charge in [-0.25, -0.2) is 17.6 Å². The molecule has 25 heavy (non-hydrogen) atoms. The van der Waals surface area contributed by atoms with Crippen LogP contribution in [0.15, 0.2) is 6.07 Å². The van der Waals surface area contributed by atoms with Crippen LogP contribution >= 0.6 is 0 Å². The van der Waals surface area contributed by atoms with Crippen LogP contribution in [0.2, 0.25) is 6.04 Å². The quantitative estimate of drug-likeness (QED) is 0.187. The number of benzene rings is 1. The second-order valence-electron chi connectivity index (χ2n) is 6.39. The first-order valence-corrected chi connectivity index (χ1v) is 10.3. The molecule has 0 unspecified atom stereocenters. The van der Waals surface area contributed by atoms with Crippen LogP contribution in [0.5, 0.6) is 0 Å². The predicted octanol–water partition coefficient (Wildman–Crippen LogP) is 5.00. The molecule has 0 aliphatic rings. The molecule has 1 rings (SSSR count). The minimum atomic E-state index is -2.88. The van der Waals surface area contributed by atoms with Crippen molar-refractivity contribution in [2.75, 3.05) is 7.11 Å². The van der Waals surface area contributed by atoms with Crippen LogP contribution in [0.4, 0.5) is 17.6 Å². The fourth-order valence-corrected chi connectivity index (χ4v) is 5.33. The summed E-state index contributed by atoms with van der Waals surface area (Å²) in [6.45, 7) is 7.52. The molecular formula is C17H26F4O3Si. The van der Waals surface area contributed by atoms with E-state index in [-0.39, 0.29) is 24.2 Å². The van der Waals surface area contributed by atoms with Crippen LogP contribution in [0.25, 0.3) is 0 Å². The van der Waals surface area contributed by atoms with Gasteiger partial charge >= 0.3 is 8.80 Å². The molecule has 0 fully saturated rings. The van der Waals surface area contributed by atoms with Gasteiger partial charge in [0.15, 0.2) is 23.3 Å². The summed E-state index contributed by atoms with van der Waals surface area (Å²) in [4.78, 5) is 0. The van der Waals surface area contributed by atoms with Crippen molar-refractivity contribution in [3.63, 3.8) is 0 Å². The summed E-state index contributed by atoms with van der Waals surface area (Å²) in [5, 5.41) is 0. The number of hydrogen-bond acceptors (Lipinski definition) is 3. The zero-order chi connectivity index (χ0) is 19.2. The van der Waals surface area contributed by atoms with Gasteiger partial charge in [-0.3, -0.25) is 0 Å². The molecule has 0 N–H and O–H groups in total. The summed E-state index contributed by atoms with van der Waals surface area (Å²) < 4.78 is 70.4. The Bertz CT molecular complexity index is 557. The summed E-state index contributed by atoms with van der Waals surface area (Å²) in [7, 11) is -1.35. The number of hydrogen-bond donors (Lipinski definition) is 0. The van der Waals surface area contributed by atoms with Crippen molar-refractivity contribution in [3.8, 4) is 0 Å². The SMILES string of the molecule is CO[Si](CCCCc1cc(F)c(F)c(F)c1F)(OC(C)C)OC(C)C. The average Bonchev–Trinajstić information content (AvgIpc) is 2.52. The maximum atomic E-state index is 13.7. The van der Waals surface area contributed by atoms with E-state index in [0.29, 0.717) is 25.0 Å². The van der Waals surface area contributed by atoms with Gasteiger partial charge in [0, 0.05) is 25.4 Å². The van der Waals surface area contributed by atoms with E-state index < -0.39 is 32.1 Å². The van der Waals surface area contributed by atoms with Gasteiger partial charge in [0.25, 0.3) is 0 Å². The highest BCUT2D eigenvalue weighted by Crippen LogP contribution is 2.24. The molecule has 1 aromatic rings. The van der Waals surface area contributed by atoms with Crippen LogP contribution in [0, 0.1) is 23.3 Å². The van der Waals surface area contributed by atoms with Crippen molar-refractivity contribution in [1.82, 2.24) is 0 Å². The Labute approximate surface area is 147 Å². The average molecular weight is 382 g/mol. The van der Waals surface area contributed by atoms with Gasteiger partial charge in [0.05, 0.1) is 0 Å². The maximum Gasteiger partial charge on any atom is 0.501 e. The van der Waals surface area contributed by atoms with E-state index in [1.807, 2.05) is 27.7 Å². The fraction of sp³-hybridized carbons (Fsp3) is 0.647. The normalized spacial score (nSPS) is 12.4. The first kappa shape index (κ1) is 22.1. The van der Waals surface area contributed by atoms with Crippen molar-refractivity contribution in [2.24, 2.45) is 0 Å². The first-order chi connectivity index (χ1) is 11.6. The lowest BCUT2D eigenvalue weighted by Gasteiger charge is -2.31. The van der Waals surface area contributed by atoms with E-state index in [0.717, 1.165) is 0 Å². The Hall–Kier alpha value is -0.963. The largest absolute Gasteiger partial charge is 0.501 e. The van der Waals surface area contributed by atoms with Gasteiger partial charge in [0.2, 0.25) is 0 Å². The molecule has 0 radical (unpaired) electrons. The summed E-state index contributed by atoms with van der Waals surface area (Å²) in [5.41, 5.74) is -0.185. The lowest BCUT2D eigenvalue weighted by Crippen LogP contribution is -2.48. The van der Waals surface area contributed by atoms with Crippen molar-refractivity contribution < 1.29 is 30.8 Å². The standard InChI is InChI=1S/C17H26F4O3Si/c1-11(2)23-25(22-5,24-12(3)4)9-7-6-8-13-10-14(18)16(20)17(21)15(13)19/h10-12H,6-9H2,1-5H3. The van der Waals surface area contributed by atoms with Crippen LogP contribution in [-0.4, -0.2) is 28.1 Å². The highest BCUT2D eigenvalue weighted by molar-refractivity contribution is 6.60. The molecule has 0 bridgehead atoms. The van der Waals surface area contributed by atoms with E-state index in [4.69, 9.17) is 13.3 Å². The van der Waals surface area contributed by atoms with Gasteiger partial charge in [-0.15, -0.1) is 0 Å². The van der Waals surface area contributed by atoms with E-state index in [2.05, 4.69) is 0 Å². The van der Waals surface area contributed by atoms with E-state index in [1.165, 1.54) is 7.11 Å². The second-order valence-corrected chi connectivity index (χ2v) is 9.13. The summed E-state index contributed by atoms with van der Waals surface area (Å²) in [6.07, 6.45) is 0.908. The third-order valence-corrected chi connectivity index (χ3v) is 6.75. The van der Waals surface area contributed by atoms with Gasteiger partial charge in [-0.2, -0.15) is 0 Å². The first-order valence-electron chi connectivity index (χ1n) is 8.34. The molecule has 0 aliphatic heterocycles. The van der Waals surface area contributed by atoms with Gasteiger partial charge in [-0.05, 0) is 58.6 Å². The van der Waals surface area contributed by atoms with Crippen LogP contribution < -0.4 is 0 Å². The van der Waals surface area contributed by atoms with Crippen molar-refractivity contribution in [3.05, 3.63) is 34.9 Å². The zero-order valence-electron chi connectivity index (χ0n) is 15.3. The Balaban J connectivity index is 2.71. The van der Waals surface area contributed by atoms with E-state index in [9.17, 15) is 17.6 Å². The molecule has 0 aromatic heterocycles. The minimum absolute atomic E-state index is 0.0805. The molecule has 0 amide bonds. The van der Waals surface area contributed by atoms with Gasteiger partial charge in [-0.1, -0.05) is 0 Å². The van der Waals surface area contributed by atoms with Gasteiger partial charge in [0.1, 0.15) is 0 Å². The molecule has 1 aromatic carbocycles. The number of rotatable bonds is 10. The molecule has 0 aliphatic carbocycles. The Kier molecular flexibility index (Phi) is 8.53. The summed E-state index contributed by atoms with van der Waals surface area (Å²) in [6, 6.07) is 1.19. The third-order valence-electron chi connectivity index (χ3n) is 3.50. The fourth-order valence-electron chi connectivity index (χ4n) is 2.52. The zero-order valence-corrected chi connectivity index (χ0v) is 16.3. The molecule has 0 saturated carbocycles. The summed E-state index contributed by atoms with van der Waals surface area (Å²) in [5.74, 6) is -6.29. The van der Waals surface area contributed by atoms with E-state index >= 15 is 0 Å². The van der Waals surface area contributed by atoms with Crippen molar-refractivity contribution in [1.29, 1.82) is 0 Å². The molecule has 0 saturated heterocycles. The lowest BCUT2D eigenvalue weighted by molar-refractivity contribution is 0.0323. The second kappa shape index (κ2) is 9.66. The highest BCUT2D eigenvalue weighted by atomic mass is 28.4. The highest BCUT2D eigenvalue weighted by Gasteiger charge is 2.41. The molecule has 8 heteroatoms. The topological polar surface area (TPSA) is 27.7 Å². The molecule has 0 heterocycles. The van der Waals surface area contributed by atoms with Gasteiger partial charge < -0.3 is 13.3 Å². The lowest BCUT2D eigenvalue weighted by atomic mass is 10.1. The Morgan fingerprint density at radius 2 is 1.44 bits per heavy atom. The maximum absolute atomic E-state index is 13.7. The van der Waals surface area contributed by atoms with E-state index in [1.54, 1.807) is 0 Å². The predicted molar refractivity (Wildman–Crippen MR) is 89.2 cm³/mol. The molecule has 144 valence electrons. The smallest absolute Gasteiger partial charge is 0.377 e. The molecule has 3 nitrogen and oxygen atoms in total. The minimum Gasteiger partial charge on any atom is -0.377 e. The molecule has 0 atom stereocenters. The summed E-state index contributed by atoms with van der Waals surface area (Å²) >= 11 is 0. The monoisotopic (exact) mass is 382 g/mol. The van der Waals surface area contributed by atoms with Crippen LogP contribution in [0.1, 0.15) is 46.1 Å². The van der Waals surface area contributed by atoms with Crippen LogP contribution in [-0.2, 0) is 19.7 Å².